The number of hydrogen-bond donors (Lipinski definition) is 0. The summed E-state index contributed by atoms with van der Waals surface area (Å²) in [6.07, 6.45) is 11.4. The topological polar surface area (TPSA) is 23.6 Å². The van der Waals surface area contributed by atoms with E-state index in [-0.39, 0.29) is 0 Å². The van der Waals surface area contributed by atoms with Crippen LogP contribution in [-0.4, -0.2) is 47.9 Å². The Bertz CT molecular complexity index is 306. The molecule has 1 amide bonds. The number of hydrogen-bond acceptors (Lipinski definition) is 2. The average molecular weight is 264 g/mol. The SMILES string of the molecule is O=C([C@H]1CCC[C@H]1N1CCCCC1)N1CCCCC1. The Hall–Kier alpha value is -0.570. The number of carbonyl (C=O) groups is 1. The highest BCUT2D eigenvalue weighted by Gasteiger charge is 2.39. The zero-order valence-electron chi connectivity index (χ0n) is 12.1. The Morgan fingerprint density at radius 2 is 1.37 bits per heavy atom. The first-order chi connectivity index (χ1) is 9.36. The molecule has 3 fully saturated rings. The lowest BCUT2D eigenvalue weighted by Crippen LogP contribution is -2.48. The molecule has 1 aliphatic carbocycles. The van der Waals surface area contributed by atoms with Crippen LogP contribution in [0.1, 0.15) is 57.8 Å². The lowest BCUT2D eigenvalue weighted by molar-refractivity contribution is -0.138. The number of piperidine rings is 2. The second-order valence-electron chi connectivity index (χ2n) is 6.59. The predicted molar refractivity (Wildman–Crippen MR) is 77.0 cm³/mol. The lowest BCUT2D eigenvalue weighted by Gasteiger charge is -2.37. The third-order valence-corrected chi connectivity index (χ3v) is 5.32. The molecular formula is C16H28N2O. The Labute approximate surface area is 117 Å². The molecule has 3 heteroatoms. The van der Waals surface area contributed by atoms with E-state index in [0.717, 1.165) is 19.5 Å². The second kappa shape index (κ2) is 6.25. The number of amides is 1. The molecule has 2 heterocycles. The standard InChI is InChI=1S/C16H28N2O/c19-16(18-12-5-2-6-13-18)14-8-7-9-15(14)17-10-3-1-4-11-17/h14-15H,1-13H2/t14-,15+/m0/s1. The van der Waals surface area contributed by atoms with Crippen molar-refractivity contribution in [3.63, 3.8) is 0 Å². The minimum absolute atomic E-state index is 0.316. The fourth-order valence-corrected chi connectivity index (χ4v) is 4.26. The summed E-state index contributed by atoms with van der Waals surface area (Å²) in [4.78, 5) is 17.5. The largest absolute Gasteiger partial charge is 0.342 e. The van der Waals surface area contributed by atoms with E-state index in [1.807, 2.05) is 0 Å². The van der Waals surface area contributed by atoms with Gasteiger partial charge in [-0.1, -0.05) is 12.8 Å². The molecule has 0 unspecified atom stereocenters. The van der Waals surface area contributed by atoms with Gasteiger partial charge in [0.25, 0.3) is 0 Å². The van der Waals surface area contributed by atoms with E-state index in [4.69, 9.17) is 0 Å². The first-order valence-corrected chi connectivity index (χ1v) is 8.39. The van der Waals surface area contributed by atoms with Crippen molar-refractivity contribution in [1.82, 2.24) is 9.80 Å². The summed E-state index contributed by atoms with van der Waals surface area (Å²) in [6, 6.07) is 0.565. The maximum Gasteiger partial charge on any atom is 0.227 e. The smallest absolute Gasteiger partial charge is 0.227 e. The van der Waals surface area contributed by atoms with Gasteiger partial charge in [-0.3, -0.25) is 9.69 Å². The number of carbonyl (C=O) groups excluding carboxylic acids is 1. The zero-order chi connectivity index (χ0) is 13.1. The minimum atomic E-state index is 0.316. The van der Waals surface area contributed by atoms with Gasteiger partial charge in [0.15, 0.2) is 0 Å². The van der Waals surface area contributed by atoms with Gasteiger partial charge in [0.05, 0.1) is 5.92 Å². The molecular weight excluding hydrogens is 236 g/mol. The molecule has 108 valence electrons. The van der Waals surface area contributed by atoms with Gasteiger partial charge in [0.1, 0.15) is 0 Å². The fourth-order valence-electron chi connectivity index (χ4n) is 4.26. The molecule has 2 atom stereocenters. The summed E-state index contributed by atoms with van der Waals surface area (Å²) in [7, 11) is 0. The van der Waals surface area contributed by atoms with Gasteiger partial charge in [-0.2, -0.15) is 0 Å². The van der Waals surface area contributed by atoms with Crippen molar-refractivity contribution in [2.75, 3.05) is 26.2 Å². The lowest BCUT2D eigenvalue weighted by atomic mass is 9.96. The summed E-state index contributed by atoms with van der Waals surface area (Å²) in [5, 5.41) is 0. The molecule has 1 saturated carbocycles. The third kappa shape index (κ3) is 2.96. The maximum atomic E-state index is 12.8. The van der Waals surface area contributed by atoms with Crippen LogP contribution >= 0.6 is 0 Å². The van der Waals surface area contributed by atoms with Crippen LogP contribution in [0.15, 0.2) is 0 Å². The molecule has 0 spiro atoms. The van der Waals surface area contributed by atoms with E-state index in [1.54, 1.807) is 0 Å². The molecule has 0 bridgehead atoms. The fraction of sp³-hybridized carbons (Fsp3) is 0.938. The molecule has 3 rings (SSSR count). The monoisotopic (exact) mass is 264 g/mol. The van der Waals surface area contributed by atoms with Crippen LogP contribution in [0.3, 0.4) is 0 Å². The average Bonchev–Trinajstić information content (AvgIpc) is 2.98. The molecule has 3 aliphatic rings. The molecule has 0 N–H and O–H groups in total. The van der Waals surface area contributed by atoms with Crippen LogP contribution in [0.5, 0.6) is 0 Å². The first-order valence-electron chi connectivity index (χ1n) is 8.39. The third-order valence-electron chi connectivity index (χ3n) is 5.32. The van der Waals surface area contributed by atoms with Crippen LogP contribution < -0.4 is 0 Å². The van der Waals surface area contributed by atoms with Gasteiger partial charge in [-0.15, -0.1) is 0 Å². The van der Waals surface area contributed by atoms with Crippen LogP contribution in [0, 0.1) is 5.92 Å². The molecule has 2 aliphatic heterocycles. The maximum absolute atomic E-state index is 12.8. The highest BCUT2D eigenvalue weighted by Crippen LogP contribution is 2.33. The molecule has 0 aromatic carbocycles. The van der Waals surface area contributed by atoms with Crippen LogP contribution in [0.2, 0.25) is 0 Å². The molecule has 19 heavy (non-hydrogen) atoms. The Morgan fingerprint density at radius 3 is 2.05 bits per heavy atom. The van der Waals surface area contributed by atoms with Crippen molar-refractivity contribution in [3.8, 4) is 0 Å². The minimum Gasteiger partial charge on any atom is -0.342 e. The van der Waals surface area contributed by atoms with Gasteiger partial charge < -0.3 is 4.90 Å². The molecule has 0 aromatic heterocycles. The van der Waals surface area contributed by atoms with Crippen molar-refractivity contribution in [2.24, 2.45) is 5.92 Å². The van der Waals surface area contributed by atoms with Crippen molar-refractivity contribution in [3.05, 3.63) is 0 Å². The van der Waals surface area contributed by atoms with E-state index in [9.17, 15) is 4.79 Å². The van der Waals surface area contributed by atoms with Crippen LogP contribution in [0.4, 0.5) is 0 Å². The predicted octanol–water partition coefficient (Wildman–Crippen LogP) is 2.65. The van der Waals surface area contributed by atoms with Crippen molar-refractivity contribution < 1.29 is 4.79 Å². The quantitative estimate of drug-likeness (QED) is 0.765. The Kier molecular flexibility index (Phi) is 4.42. The van der Waals surface area contributed by atoms with E-state index < -0.39 is 0 Å². The zero-order valence-corrected chi connectivity index (χ0v) is 12.1. The van der Waals surface area contributed by atoms with Crippen molar-refractivity contribution in [1.29, 1.82) is 0 Å². The summed E-state index contributed by atoms with van der Waals surface area (Å²) < 4.78 is 0. The molecule has 0 aromatic rings. The number of rotatable bonds is 2. The van der Waals surface area contributed by atoms with E-state index in [2.05, 4.69) is 9.80 Å². The van der Waals surface area contributed by atoms with Crippen LogP contribution in [-0.2, 0) is 4.79 Å². The summed E-state index contributed by atoms with van der Waals surface area (Å²) >= 11 is 0. The number of likely N-dealkylation sites (tertiary alicyclic amines) is 2. The van der Waals surface area contributed by atoms with Crippen molar-refractivity contribution >= 4 is 5.91 Å². The summed E-state index contributed by atoms with van der Waals surface area (Å²) in [6.45, 7) is 4.49. The first kappa shape index (κ1) is 13.4. The normalized spacial score (nSPS) is 33.6. The highest BCUT2D eigenvalue weighted by atomic mass is 16.2. The van der Waals surface area contributed by atoms with E-state index in [1.165, 1.54) is 64.5 Å². The van der Waals surface area contributed by atoms with Gasteiger partial charge in [-0.05, 0) is 58.0 Å². The van der Waals surface area contributed by atoms with Crippen molar-refractivity contribution in [2.45, 2.75) is 63.8 Å². The van der Waals surface area contributed by atoms with Gasteiger partial charge >= 0.3 is 0 Å². The van der Waals surface area contributed by atoms with Gasteiger partial charge in [0, 0.05) is 19.1 Å². The Balaban J connectivity index is 1.62. The van der Waals surface area contributed by atoms with E-state index >= 15 is 0 Å². The van der Waals surface area contributed by atoms with Crippen LogP contribution in [0.25, 0.3) is 0 Å². The summed E-state index contributed by atoms with van der Waals surface area (Å²) in [5.74, 6) is 0.795. The highest BCUT2D eigenvalue weighted by molar-refractivity contribution is 5.80. The van der Waals surface area contributed by atoms with Gasteiger partial charge in [0.2, 0.25) is 5.91 Å². The molecule has 0 radical (unpaired) electrons. The molecule has 2 saturated heterocycles. The Morgan fingerprint density at radius 1 is 0.737 bits per heavy atom. The summed E-state index contributed by atoms with van der Waals surface area (Å²) in [5.41, 5.74) is 0. The molecule has 3 nitrogen and oxygen atoms in total. The second-order valence-corrected chi connectivity index (χ2v) is 6.59. The number of nitrogens with zero attached hydrogens (tertiary/aromatic N) is 2. The van der Waals surface area contributed by atoms with E-state index in [0.29, 0.717) is 17.9 Å². The van der Waals surface area contributed by atoms with Gasteiger partial charge in [-0.25, -0.2) is 0 Å².